The predicted octanol–water partition coefficient (Wildman–Crippen LogP) is 1.49. The summed E-state index contributed by atoms with van der Waals surface area (Å²) in [6.07, 6.45) is 1.09. The molecule has 1 N–H and O–H groups in total. The zero-order valence-electron chi connectivity index (χ0n) is 8.81. The van der Waals surface area contributed by atoms with E-state index >= 15 is 0 Å². The van der Waals surface area contributed by atoms with E-state index in [9.17, 15) is 4.79 Å². The molecule has 1 amide bonds. The fourth-order valence-electron chi connectivity index (χ4n) is 2.49. The van der Waals surface area contributed by atoms with Crippen molar-refractivity contribution in [2.24, 2.45) is 22.9 Å². The number of hydrogen-bond acceptors (Lipinski definition) is 4. The first kappa shape index (κ1) is 11.2. The molecular weight excluding hydrogens is 230 g/mol. The molecule has 86 valence electrons. The maximum Gasteiger partial charge on any atom is 0.433 e. The van der Waals surface area contributed by atoms with Crippen LogP contribution in [0.1, 0.15) is 12.8 Å². The van der Waals surface area contributed by atoms with Gasteiger partial charge in [-0.1, -0.05) is 5.16 Å². The van der Waals surface area contributed by atoms with Crippen LogP contribution < -0.4 is 5.32 Å². The Morgan fingerprint density at radius 2 is 2.44 bits per heavy atom. The number of alkyl halides is 1. The highest BCUT2D eigenvalue weighted by Gasteiger charge is 2.50. The average molecular weight is 242 g/mol. The normalized spacial score (nSPS) is 38.4. The number of oxime groups is 1. The fraction of sp³-hybridized carbons (Fsp3) is 0.700. The van der Waals surface area contributed by atoms with E-state index in [4.69, 9.17) is 16.9 Å². The highest BCUT2D eigenvalue weighted by molar-refractivity contribution is 6.33. The van der Waals surface area contributed by atoms with Gasteiger partial charge < -0.3 is 5.32 Å². The Morgan fingerprint density at radius 3 is 3.00 bits per heavy atom. The van der Waals surface area contributed by atoms with Crippen LogP contribution in [0, 0.1) is 29.1 Å². The molecule has 4 atom stereocenters. The van der Waals surface area contributed by atoms with Gasteiger partial charge in [-0.05, 0) is 18.8 Å². The Morgan fingerprint density at radius 1 is 1.69 bits per heavy atom. The lowest BCUT2D eigenvalue weighted by Crippen LogP contribution is -2.29. The first-order valence-corrected chi connectivity index (χ1v) is 5.61. The summed E-state index contributed by atoms with van der Waals surface area (Å²) in [6, 6.07) is 2.25. The maximum atomic E-state index is 10.9. The van der Waals surface area contributed by atoms with E-state index in [-0.39, 0.29) is 17.2 Å². The molecule has 0 aromatic heterocycles. The summed E-state index contributed by atoms with van der Waals surface area (Å²) < 4.78 is 0. The van der Waals surface area contributed by atoms with E-state index in [1.54, 1.807) is 0 Å². The molecule has 0 unspecified atom stereocenters. The number of amides is 1. The van der Waals surface area contributed by atoms with Gasteiger partial charge >= 0.3 is 6.09 Å². The summed E-state index contributed by atoms with van der Waals surface area (Å²) in [4.78, 5) is 15.5. The van der Waals surface area contributed by atoms with Crippen LogP contribution in [-0.4, -0.2) is 24.2 Å². The molecule has 0 aromatic rings. The molecule has 2 rings (SSSR count). The minimum atomic E-state index is -0.618. The van der Waals surface area contributed by atoms with E-state index in [2.05, 4.69) is 21.4 Å². The van der Waals surface area contributed by atoms with Crippen molar-refractivity contribution in [3.63, 3.8) is 0 Å². The lowest BCUT2D eigenvalue weighted by atomic mass is 9.88. The number of hydrogen-bond donors (Lipinski definition) is 1. The van der Waals surface area contributed by atoms with Crippen LogP contribution in [0.5, 0.6) is 0 Å². The van der Waals surface area contributed by atoms with Gasteiger partial charge in [-0.3, -0.25) is 4.84 Å². The van der Waals surface area contributed by atoms with Gasteiger partial charge in [-0.15, -0.1) is 11.6 Å². The van der Waals surface area contributed by atoms with Gasteiger partial charge in [0.15, 0.2) is 0 Å². The van der Waals surface area contributed by atoms with Crippen LogP contribution in [0.2, 0.25) is 0 Å². The summed E-state index contributed by atoms with van der Waals surface area (Å²) in [5, 5.41) is 14.8. The van der Waals surface area contributed by atoms with Gasteiger partial charge in [0.2, 0.25) is 0 Å². The molecular formula is C10H12ClN3O2. The minimum Gasteiger partial charge on any atom is -0.323 e. The standard InChI is InChI=1S/C10H12ClN3O2/c1-13-10(15)16-14-9-7-3-5(8(9)11)2-6(7)4-12/h5-8H,2-3H2,1H3,(H,13,15)/b14-9-/t5-,6-,7-,8+/m1/s1. The van der Waals surface area contributed by atoms with Crippen LogP contribution >= 0.6 is 11.6 Å². The predicted molar refractivity (Wildman–Crippen MR) is 57.9 cm³/mol. The van der Waals surface area contributed by atoms with Crippen molar-refractivity contribution in [1.82, 2.24) is 5.32 Å². The largest absolute Gasteiger partial charge is 0.433 e. The number of nitrogens with zero attached hydrogens (tertiary/aromatic N) is 2. The van der Waals surface area contributed by atoms with Crippen molar-refractivity contribution < 1.29 is 9.63 Å². The number of carbonyl (C=O) groups excluding carboxylic acids is 1. The van der Waals surface area contributed by atoms with Gasteiger partial charge in [-0.25, -0.2) is 4.79 Å². The quantitative estimate of drug-likeness (QED) is 0.429. The summed E-state index contributed by atoms with van der Waals surface area (Å²) >= 11 is 6.17. The van der Waals surface area contributed by atoms with Gasteiger partial charge in [0, 0.05) is 13.0 Å². The molecule has 0 spiro atoms. The second-order valence-corrected chi connectivity index (χ2v) is 4.59. The lowest BCUT2D eigenvalue weighted by Gasteiger charge is -2.20. The van der Waals surface area contributed by atoms with Crippen LogP contribution in [0.3, 0.4) is 0 Å². The van der Waals surface area contributed by atoms with Gasteiger partial charge in [-0.2, -0.15) is 5.26 Å². The highest BCUT2D eigenvalue weighted by Crippen LogP contribution is 2.48. The van der Waals surface area contributed by atoms with E-state index in [0.717, 1.165) is 12.8 Å². The molecule has 2 fully saturated rings. The molecule has 2 aliphatic rings. The Balaban J connectivity index is 2.10. The molecule has 2 aliphatic carbocycles. The Bertz CT molecular complexity index is 377. The monoisotopic (exact) mass is 241 g/mol. The molecule has 2 saturated carbocycles. The molecule has 2 bridgehead atoms. The third-order valence-corrected chi connectivity index (χ3v) is 3.86. The van der Waals surface area contributed by atoms with E-state index < -0.39 is 6.09 Å². The molecule has 6 heteroatoms. The van der Waals surface area contributed by atoms with Gasteiger partial charge in [0.25, 0.3) is 0 Å². The first-order chi connectivity index (χ1) is 7.67. The lowest BCUT2D eigenvalue weighted by molar-refractivity contribution is 0.152. The Hall–Kier alpha value is -1.28. The fourth-order valence-corrected chi connectivity index (χ4v) is 2.90. The summed E-state index contributed by atoms with van der Waals surface area (Å²) in [5.74, 6) is 0.317. The molecule has 0 saturated heterocycles. The summed E-state index contributed by atoms with van der Waals surface area (Å²) in [6.45, 7) is 0. The topological polar surface area (TPSA) is 74.5 Å². The molecule has 0 aromatic carbocycles. The van der Waals surface area contributed by atoms with Crippen LogP contribution in [0.25, 0.3) is 0 Å². The van der Waals surface area contributed by atoms with Gasteiger partial charge in [0.05, 0.1) is 23.1 Å². The minimum absolute atomic E-state index is 0.0352. The van der Waals surface area contributed by atoms with Crippen molar-refractivity contribution in [2.75, 3.05) is 7.05 Å². The van der Waals surface area contributed by atoms with Crippen LogP contribution in [0.15, 0.2) is 5.16 Å². The molecule has 0 heterocycles. The number of fused-ring (bicyclic) bond motifs is 2. The van der Waals surface area contributed by atoms with E-state index in [1.165, 1.54) is 7.05 Å². The number of carbonyl (C=O) groups is 1. The van der Waals surface area contributed by atoms with Crippen molar-refractivity contribution in [3.05, 3.63) is 0 Å². The van der Waals surface area contributed by atoms with Gasteiger partial charge in [0.1, 0.15) is 0 Å². The number of nitriles is 1. The van der Waals surface area contributed by atoms with E-state index in [0.29, 0.717) is 11.6 Å². The second-order valence-electron chi connectivity index (χ2n) is 4.12. The smallest absolute Gasteiger partial charge is 0.323 e. The molecule has 0 aliphatic heterocycles. The third-order valence-electron chi connectivity index (χ3n) is 3.28. The molecule has 0 radical (unpaired) electrons. The van der Waals surface area contributed by atoms with E-state index in [1.807, 2.05) is 0 Å². The van der Waals surface area contributed by atoms with Crippen molar-refractivity contribution in [1.29, 1.82) is 5.26 Å². The average Bonchev–Trinajstić information content (AvgIpc) is 2.84. The Kier molecular flexibility index (Phi) is 3.01. The highest BCUT2D eigenvalue weighted by atomic mass is 35.5. The number of rotatable bonds is 1. The second kappa shape index (κ2) is 4.30. The zero-order valence-corrected chi connectivity index (χ0v) is 9.57. The summed E-state index contributed by atoms with van der Waals surface area (Å²) in [5.41, 5.74) is 0.646. The van der Waals surface area contributed by atoms with Crippen molar-refractivity contribution in [2.45, 2.75) is 18.2 Å². The van der Waals surface area contributed by atoms with Crippen molar-refractivity contribution in [3.8, 4) is 6.07 Å². The third kappa shape index (κ3) is 1.74. The molecule has 16 heavy (non-hydrogen) atoms. The molecule has 5 nitrogen and oxygen atoms in total. The first-order valence-electron chi connectivity index (χ1n) is 5.17. The number of halogens is 1. The maximum absolute atomic E-state index is 10.9. The van der Waals surface area contributed by atoms with Crippen LogP contribution in [-0.2, 0) is 4.84 Å². The number of nitrogens with one attached hydrogen (secondary N) is 1. The van der Waals surface area contributed by atoms with Crippen LogP contribution in [0.4, 0.5) is 4.79 Å². The zero-order chi connectivity index (χ0) is 11.7. The Labute approximate surface area is 98.4 Å². The SMILES string of the molecule is CNC(=O)O/N=C1\[C@@H](Cl)[C@@H]2C[C@H](C#N)[C@H]1C2. The summed E-state index contributed by atoms with van der Waals surface area (Å²) in [7, 11) is 1.46. The van der Waals surface area contributed by atoms with Crippen molar-refractivity contribution >= 4 is 23.4 Å².